The van der Waals surface area contributed by atoms with Crippen molar-refractivity contribution in [3.05, 3.63) is 53.8 Å². The molecule has 2 rings (SSSR count). The van der Waals surface area contributed by atoms with Crippen LogP contribution in [0.25, 0.3) is 0 Å². The Kier molecular flexibility index (Phi) is 5.57. The maximum Gasteiger partial charge on any atom is 0.306 e. The Balaban J connectivity index is 1.84. The number of carbonyl (C=O) groups excluding carboxylic acids is 1. The van der Waals surface area contributed by atoms with Gasteiger partial charge >= 0.3 is 5.97 Å². The van der Waals surface area contributed by atoms with Gasteiger partial charge in [-0.15, -0.1) is 0 Å². The van der Waals surface area contributed by atoms with Gasteiger partial charge in [-0.05, 0) is 24.1 Å². The molecular weight excluding hydrogens is 318 g/mol. The van der Waals surface area contributed by atoms with Gasteiger partial charge in [-0.25, -0.2) is 12.7 Å². The summed E-state index contributed by atoms with van der Waals surface area (Å²) in [6.07, 6.45) is 0.853. The van der Waals surface area contributed by atoms with Gasteiger partial charge in [-0.1, -0.05) is 30.3 Å². The quantitative estimate of drug-likeness (QED) is 0.724. The lowest BCUT2D eigenvalue weighted by atomic mass is 10.1. The van der Waals surface area contributed by atoms with Crippen molar-refractivity contribution in [2.45, 2.75) is 24.5 Å². The second-order valence-corrected chi connectivity index (χ2v) is 7.24. The van der Waals surface area contributed by atoms with Crippen LogP contribution in [-0.4, -0.2) is 32.8 Å². The first-order valence-corrected chi connectivity index (χ1v) is 8.54. The molecule has 0 N–H and O–H groups in total. The molecule has 23 heavy (non-hydrogen) atoms. The zero-order valence-corrected chi connectivity index (χ0v) is 13.9. The first-order valence-electron chi connectivity index (χ1n) is 7.10. The molecule has 0 radical (unpaired) electrons. The summed E-state index contributed by atoms with van der Waals surface area (Å²) in [6.45, 7) is -0.0867. The molecule has 0 bridgehead atoms. The molecular formula is C16H19NO5S. The van der Waals surface area contributed by atoms with Crippen LogP contribution in [0.15, 0.2) is 52.0 Å². The number of ether oxygens (including phenoxy) is 1. The van der Waals surface area contributed by atoms with Crippen LogP contribution in [0.1, 0.15) is 17.7 Å². The first-order chi connectivity index (χ1) is 10.9. The van der Waals surface area contributed by atoms with Gasteiger partial charge in [0.05, 0.1) is 0 Å². The van der Waals surface area contributed by atoms with E-state index in [1.807, 2.05) is 30.3 Å². The molecule has 0 spiro atoms. The van der Waals surface area contributed by atoms with Crippen LogP contribution >= 0.6 is 0 Å². The third kappa shape index (κ3) is 4.67. The van der Waals surface area contributed by atoms with E-state index in [1.165, 1.54) is 26.2 Å². The molecule has 0 fully saturated rings. The Hall–Kier alpha value is -2.12. The average Bonchev–Trinajstić information content (AvgIpc) is 3.01. The molecule has 1 aromatic heterocycles. The molecule has 0 aliphatic rings. The standard InChI is InChI=1S/C16H19NO5S/c1-17(2)23(19,20)16-11-9-14(22-16)12-21-15(18)10-8-13-6-4-3-5-7-13/h3-7,9,11H,8,10,12H2,1-2H3. The van der Waals surface area contributed by atoms with Crippen LogP contribution in [0, 0.1) is 0 Å². The molecule has 2 aromatic rings. The molecule has 6 nitrogen and oxygen atoms in total. The van der Waals surface area contributed by atoms with E-state index in [0.29, 0.717) is 12.2 Å². The minimum atomic E-state index is -3.61. The topological polar surface area (TPSA) is 76.8 Å². The zero-order valence-electron chi connectivity index (χ0n) is 13.1. The lowest BCUT2D eigenvalue weighted by Crippen LogP contribution is -2.21. The maximum absolute atomic E-state index is 11.9. The van der Waals surface area contributed by atoms with Gasteiger partial charge in [0.2, 0.25) is 5.09 Å². The zero-order chi connectivity index (χ0) is 16.9. The molecule has 0 amide bonds. The lowest BCUT2D eigenvalue weighted by molar-refractivity contribution is -0.145. The van der Waals surface area contributed by atoms with Crippen molar-refractivity contribution in [2.24, 2.45) is 0 Å². The Bertz CT molecular complexity index is 750. The van der Waals surface area contributed by atoms with E-state index >= 15 is 0 Å². The van der Waals surface area contributed by atoms with Gasteiger partial charge in [-0.2, -0.15) is 0 Å². The number of hydrogen-bond acceptors (Lipinski definition) is 5. The number of hydrogen-bond donors (Lipinski definition) is 0. The van der Waals surface area contributed by atoms with Crippen LogP contribution in [-0.2, 0) is 32.6 Å². The van der Waals surface area contributed by atoms with Crippen molar-refractivity contribution in [1.29, 1.82) is 0 Å². The molecule has 0 atom stereocenters. The number of rotatable bonds is 7. The van der Waals surface area contributed by atoms with Crippen molar-refractivity contribution in [3.8, 4) is 0 Å². The fourth-order valence-corrected chi connectivity index (χ4v) is 2.68. The summed E-state index contributed by atoms with van der Waals surface area (Å²) in [5.74, 6) is -0.0687. The number of furan rings is 1. The third-order valence-corrected chi connectivity index (χ3v) is 4.90. The van der Waals surface area contributed by atoms with E-state index in [2.05, 4.69) is 0 Å². The van der Waals surface area contributed by atoms with Crippen molar-refractivity contribution in [2.75, 3.05) is 14.1 Å². The summed E-state index contributed by atoms with van der Waals surface area (Å²) in [6, 6.07) is 12.5. The Morgan fingerprint density at radius 3 is 2.48 bits per heavy atom. The van der Waals surface area contributed by atoms with Gasteiger partial charge in [0.25, 0.3) is 10.0 Å². The number of sulfonamides is 1. The fourth-order valence-electron chi connectivity index (χ4n) is 1.87. The Morgan fingerprint density at radius 1 is 1.13 bits per heavy atom. The Morgan fingerprint density at radius 2 is 1.83 bits per heavy atom. The number of esters is 1. The highest BCUT2D eigenvalue weighted by molar-refractivity contribution is 7.88. The predicted molar refractivity (Wildman–Crippen MR) is 84.1 cm³/mol. The van der Waals surface area contributed by atoms with Gasteiger partial charge in [0.1, 0.15) is 12.4 Å². The van der Waals surface area contributed by atoms with E-state index in [4.69, 9.17) is 9.15 Å². The largest absolute Gasteiger partial charge is 0.457 e. The lowest BCUT2D eigenvalue weighted by Gasteiger charge is -2.07. The van der Waals surface area contributed by atoms with Crippen LogP contribution in [0.4, 0.5) is 0 Å². The second kappa shape index (κ2) is 7.43. The summed E-state index contributed by atoms with van der Waals surface area (Å²) in [4.78, 5) is 11.7. The molecule has 0 saturated heterocycles. The normalized spacial score (nSPS) is 11.6. The highest BCUT2D eigenvalue weighted by Crippen LogP contribution is 2.17. The van der Waals surface area contributed by atoms with E-state index in [9.17, 15) is 13.2 Å². The van der Waals surface area contributed by atoms with Crippen molar-refractivity contribution >= 4 is 16.0 Å². The van der Waals surface area contributed by atoms with E-state index in [-0.39, 0.29) is 24.1 Å². The van der Waals surface area contributed by atoms with Gasteiger partial charge in [-0.3, -0.25) is 4.79 Å². The van der Waals surface area contributed by atoms with Crippen LogP contribution < -0.4 is 0 Å². The van der Waals surface area contributed by atoms with Gasteiger partial charge < -0.3 is 9.15 Å². The van der Waals surface area contributed by atoms with Crippen molar-refractivity contribution in [3.63, 3.8) is 0 Å². The predicted octanol–water partition coefficient (Wildman–Crippen LogP) is 2.21. The molecule has 0 saturated carbocycles. The van der Waals surface area contributed by atoms with Gasteiger partial charge in [0, 0.05) is 20.5 Å². The molecule has 0 unspecified atom stereocenters. The van der Waals surface area contributed by atoms with Crippen LogP contribution in [0.5, 0.6) is 0 Å². The fraction of sp³-hybridized carbons (Fsp3) is 0.312. The van der Waals surface area contributed by atoms with E-state index in [0.717, 1.165) is 9.87 Å². The number of aryl methyl sites for hydroxylation is 1. The molecule has 1 aromatic carbocycles. The van der Waals surface area contributed by atoms with Crippen molar-refractivity contribution < 1.29 is 22.4 Å². The van der Waals surface area contributed by atoms with E-state index < -0.39 is 10.0 Å². The first kappa shape index (κ1) is 17.2. The van der Waals surface area contributed by atoms with Gasteiger partial charge in [0.15, 0.2) is 0 Å². The Labute approximate surface area is 135 Å². The summed E-state index contributed by atoms with van der Waals surface area (Å²) in [7, 11) is -0.779. The average molecular weight is 337 g/mol. The molecule has 0 aliphatic heterocycles. The third-order valence-electron chi connectivity index (χ3n) is 3.21. The minimum Gasteiger partial charge on any atom is -0.457 e. The summed E-state index contributed by atoms with van der Waals surface area (Å²) in [5, 5.41) is -0.169. The number of benzene rings is 1. The molecule has 1 heterocycles. The smallest absolute Gasteiger partial charge is 0.306 e. The van der Waals surface area contributed by atoms with Crippen LogP contribution in [0.2, 0.25) is 0 Å². The van der Waals surface area contributed by atoms with Crippen molar-refractivity contribution in [1.82, 2.24) is 4.31 Å². The summed E-state index contributed by atoms with van der Waals surface area (Å²) in [5.41, 5.74) is 1.06. The summed E-state index contributed by atoms with van der Waals surface area (Å²) >= 11 is 0. The van der Waals surface area contributed by atoms with Crippen LogP contribution in [0.3, 0.4) is 0 Å². The molecule has 0 aliphatic carbocycles. The highest BCUT2D eigenvalue weighted by Gasteiger charge is 2.21. The number of carbonyl (C=O) groups is 1. The minimum absolute atomic E-state index is 0.0867. The SMILES string of the molecule is CN(C)S(=O)(=O)c1ccc(COC(=O)CCc2ccccc2)o1. The monoisotopic (exact) mass is 337 g/mol. The molecule has 124 valence electrons. The second-order valence-electron chi connectivity index (χ2n) is 5.15. The number of nitrogens with zero attached hydrogens (tertiary/aromatic N) is 1. The maximum atomic E-state index is 11.9. The van der Waals surface area contributed by atoms with E-state index in [1.54, 1.807) is 0 Å². The summed E-state index contributed by atoms with van der Waals surface area (Å²) < 4.78 is 35.1. The highest BCUT2D eigenvalue weighted by atomic mass is 32.2. The molecule has 7 heteroatoms.